The van der Waals surface area contributed by atoms with Crippen molar-refractivity contribution in [2.45, 2.75) is 13.2 Å². The van der Waals surface area contributed by atoms with Crippen LogP contribution in [0.1, 0.15) is 11.1 Å². The van der Waals surface area contributed by atoms with E-state index in [9.17, 15) is 16.8 Å². The van der Waals surface area contributed by atoms with Crippen LogP contribution in [0.3, 0.4) is 0 Å². The maximum Gasteiger partial charge on any atom is 0.416 e. The third-order valence-corrected chi connectivity index (χ3v) is 4.74. The SMILES string of the molecule is O=S(=O)(OCc1ccccc1)OS(=O)(=O)OCc1ccccc1. The van der Waals surface area contributed by atoms with Gasteiger partial charge < -0.3 is 0 Å². The minimum Gasteiger partial charge on any atom is -0.243 e. The highest BCUT2D eigenvalue weighted by molar-refractivity contribution is 7.95. The van der Waals surface area contributed by atoms with E-state index in [1.807, 2.05) is 0 Å². The minimum atomic E-state index is -4.75. The molecular weight excluding hydrogens is 344 g/mol. The molecule has 0 saturated carbocycles. The minimum absolute atomic E-state index is 0.350. The van der Waals surface area contributed by atoms with Crippen LogP contribution in [-0.4, -0.2) is 16.8 Å². The van der Waals surface area contributed by atoms with Gasteiger partial charge in [0.2, 0.25) is 0 Å². The second-order valence-electron chi connectivity index (χ2n) is 4.38. The molecule has 0 heterocycles. The summed E-state index contributed by atoms with van der Waals surface area (Å²) in [5, 5.41) is 0. The molecule has 2 rings (SSSR count). The van der Waals surface area contributed by atoms with Gasteiger partial charge in [-0.15, -0.1) is 3.63 Å². The van der Waals surface area contributed by atoms with Crippen molar-refractivity contribution >= 4 is 20.8 Å². The molecule has 0 aromatic heterocycles. The number of hydrogen-bond donors (Lipinski definition) is 0. The van der Waals surface area contributed by atoms with Gasteiger partial charge in [-0.1, -0.05) is 60.7 Å². The van der Waals surface area contributed by atoms with Gasteiger partial charge in [-0.3, -0.25) is 0 Å². The molecule has 0 aliphatic heterocycles. The third-order valence-electron chi connectivity index (χ3n) is 2.59. The second-order valence-corrected chi connectivity index (χ2v) is 7.03. The van der Waals surface area contributed by atoms with Crippen LogP contribution in [0.5, 0.6) is 0 Å². The van der Waals surface area contributed by atoms with E-state index < -0.39 is 20.8 Å². The lowest BCUT2D eigenvalue weighted by molar-refractivity contribution is 0.229. The Labute approximate surface area is 135 Å². The van der Waals surface area contributed by atoms with Gasteiger partial charge in [-0.05, 0) is 11.1 Å². The molecule has 9 heteroatoms. The van der Waals surface area contributed by atoms with E-state index in [0.717, 1.165) is 0 Å². The third kappa shape index (κ3) is 6.47. The fraction of sp³-hybridized carbons (Fsp3) is 0.143. The maximum atomic E-state index is 11.5. The first-order valence-electron chi connectivity index (χ1n) is 6.44. The molecule has 0 aliphatic carbocycles. The number of hydrogen-bond acceptors (Lipinski definition) is 7. The summed E-state index contributed by atoms with van der Waals surface area (Å²) in [5.74, 6) is 0. The largest absolute Gasteiger partial charge is 0.416 e. The summed E-state index contributed by atoms with van der Waals surface area (Å²) in [6, 6.07) is 16.7. The van der Waals surface area contributed by atoms with Crippen LogP contribution in [0.4, 0.5) is 0 Å². The van der Waals surface area contributed by atoms with Crippen molar-refractivity contribution in [3.8, 4) is 0 Å². The molecule has 2 aromatic rings. The van der Waals surface area contributed by atoms with Crippen molar-refractivity contribution in [1.29, 1.82) is 0 Å². The molecule has 0 amide bonds. The lowest BCUT2D eigenvalue weighted by atomic mass is 10.2. The van der Waals surface area contributed by atoms with Crippen molar-refractivity contribution < 1.29 is 28.8 Å². The molecule has 7 nitrogen and oxygen atoms in total. The van der Waals surface area contributed by atoms with Crippen LogP contribution in [0.25, 0.3) is 0 Å². The van der Waals surface area contributed by atoms with Crippen LogP contribution in [-0.2, 0) is 46.0 Å². The van der Waals surface area contributed by atoms with Gasteiger partial charge in [0.1, 0.15) is 0 Å². The zero-order valence-electron chi connectivity index (χ0n) is 11.9. The molecule has 0 bridgehead atoms. The molecule has 23 heavy (non-hydrogen) atoms. The van der Waals surface area contributed by atoms with Gasteiger partial charge in [0, 0.05) is 0 Å². The Morgan fingerprint density at radius 2 is 0.957 bits per heavy atom. The first-order chi connectivity index (χ1) is 10.9. The zero-order valence-corrected chi connectivity index (χ0v) is 13.5. The van der Waals surface area contributed by atoms with Crippen LogP contribution in [0.2, 0.25) is 0 Å². The fourth-order valence-corrected chi connectivity index (χ4v) is 3.26. The molecule has 0 saturated heterocycles. The van der Waals surface area contributed by atoms with Gasteiger partial charge in [-0.25, -0.2) is 8.37 Å². The van der Waals surface area contributed by atoms with E-state index in [0.29, 0.717) is 11.1 Å². The molecule has 0 aliphatic rings. The molecule has 0 atom stereocenters. The Balaban J connectivity index is 1.90. The van der Waals surface area contributed by atoms with Crippen LogP contribution in [0.15, 0.2) is 60.7 Å². The summed E-state index contributed by atoms with van der Waals surface area (Å²) in [6.07, 6.45) is 0. The van der Waals surface area contributed by atoms with Crippen molar-refractivity contribution in [2.24, 2.45) is 0 Å². The predicted octanol–water partition coefficient (Wildman–Crippen LogP) is 1.93. The Hall–Kier alpha value is -1.78. The highest BCUT2D eigenvalue weighted by Crippen LogP contribution is 2.11. The van der Waals surface area contributed by atoms with Gasteiger partial charge >= 0.3 is 20.8 Å². The van der Waals surface area contributed by atoms with Crippen LogP contribution in [0, 0.1) is 0 Å². The van der Waals surface area contributed by atoms with Crippen molar-refractivity contribution in [3.63, 3.8) is 0 Å². The molecule has 0 radical (unpaired) electrons. The predicted molar refractivity (Wildman–Crippen MR) is 81.4 cm³/mol. The monoisotopic (exact) mass is 358 g/mol. The van der Waals surface area contributed by atoms with Crippen LogP contribution < -0.4 is 0 Å². The van der Waals surface area contributed by atoms with Gasteiger partial charge in [-0.2, -0.15) is 16.8 Å². The average molecular weight is 358 g/mol. The quantitative estimate of drug-likeness (QED) is 0.711. The Morgan fingerprint density at radius 1 is 0.609 bits per heavy atom. The van der Waals surface area contributed by atoms with Gasteiger partial charge in [0.15, 0.2) is 0 Å². The number of rotatable bonds is 8. The lowest BCUT2D eigenvalue weighted by Crippen LogP contribution is -2.18. The standard InChI is InChI=1S/C14H14O7S2/c15-22(16,19-11-13-7-3-1-4-8-13)21-23(17,18)20-12-14-9-5-2-6-10-14/h1-10H,11-12H2. The van der Waals surface area contributed by atoms with E-state index in [2.05, 4.69) is 12.0 Å². The highest BCUT2D eigenvalue weighted by atomic mass is 32.3. The summed E-state index contributed by atoms with van der Waals surface area (Å²) in [7, 11) is -9.51. The molecule has 0 fully saturated rings. The second kappa shape index (κ2) is 7.66. The molecular formula is C14H14O7S2. The molecule has 0 unspecified atom stereocenters. The van der Waals surface area contributed by atoms with Gasteiger partial charge in [0.25, 0.3) is 0 Å². The summed E-state index contributed by atoms with van der Waals surface area (Å²) in [5.41, 5.74) is 1.09. The van der Waals surface area contributed by atoms with E-state index >= 15 is 0 Å². The summed E-state index contributed by atoms with van der Waals surface area (Å²) < 4.78 is 59.1. The van der Waals surface area contributed by atoms with E-state index in [1.165, 1.54) is 0 Å². The first-order valence-corrected chi connectivity index (χ1v) is 9.11. The lowest BCUT2D eigenvalue weighted by Gasteiger charge is -2.07. The Kier molecular flexibility index (Phi) is 5.85. The van der Waals surface area contributed by atoms with E-state index in [1.54, 1.807) is 60.7 Å². The Morgan fingerprint density at radius 3 is 1.30 bits per heavy atom. The molecule has 0 N–H and O–H groups in total. The maximum absolute atomic E-state index is 11.5. The molecule has 2 aromatic carbocycles. The van der Waals surface area contributed by atoms with Crippen molar-refractivity contribution in [1.82, 2.24) is 0 Å². The molecule has 124 valence electrons. The van der Waals surface area contributed by atoms with Gasteiger partial charge in [0.05, 0.1) is 13.2 Å². The first kappa shape index (κ1) is 17.6. The highest BCUT2D eigenvalue weighted by Gasteiger charge is 2.25. The summed E-state index contributed by atoms with van der Waals surface area (Å²) >= 11 is 0. The number of benzene rings is 2. The van der Waals surface area contributed by atoms with Crippen molar-refractivity contribution in [2.75, 3.05) is 0 Å². The zero-order chi connectivity index (χ0) is 16.8. The van der Waals surface area contributed by atoms with E-state index in [-0.39, 0.29) is 13.2 Å². The molecule has 0 spiro atoms. The topological polar surface area (TPSA) is 96.0 Å². The Bertz CT molecular complexity index is 744. The van der Waals surface area contributed by atoms with E-state index in [4.69, 9.17) is 0 Å². The van der Waals surface area contributed by atoms with Crippen molar-refractivity contribution in [3.05, 3.63) is 71.8 Å². The smallest absolute Gasteiger partial charge is 0.243 e. The summed E-state index contributed by atoms with van der Waals surface area (Å²) in [4.78, 5) is 0. The summed E-state index contributed by atoms with van der Waals surface area (Å²) in [6.45, 7) is -0.700. The normalized spacial score (nSPS) is 12.2. The average Bonchev–Trinajstić information content (AvgIpc) is 2.52. The fourth-order valence-electron chi connectivity index (χ4n) is 1.57. The van der Waals surface area contributed by atoms with Crippen LogP contribution >= 0.6 is 0 Å².